The highest BCUT2D eigenvalue weighted by atomic mass is 31.1. The number of rotatable bonds is 8. The first-order chi connectivity index (χ1) is 11.6. The van der Waals surface area contributed by atoms with Crippen molar-refractivity contribution in [2.45, 2.75) is 38.8 Å². The first-order valence-corrected chi connectivity index (χ1v) is 9.27. The van der Waals surface area contributed by atoms with Crippen molar-refractivity contribution in [3.63, 3.8) is 0 Å². The molecule has 128 valence electrons. The van der Waals surface area contributed by atoms with Gasteiger partial charge in [0.05, 0.1) is 0 Å². The Bertz CT molecular complexity index is 693. The summed E-state index contributed by atoms with van der Waals surface area (Å²) in [5.41, 5.74) is 2.95. The van der Waals surface area contributed by atoms with Crippen LogP contribution in [0, 0.1) is 6.92 Å². The standard InChI is InChI=1S/C20H25O3P/c1-4-20(5-2,17-8-6-7-9-18(17)23-14-22)24-19-11-10-15(3)12-16(19)13-21/h6-13,22,24H,4-5,14H2,1-3H3. The number of carbonyl (C=O) groups excluding carboxylic acids is 1. The van der Waals surface area contributed by atoms with E-state index < -0.39 is 0 Å². The van der Waals surface area contributed by atoms with Gasteiger partial charge in [0.2, 0.25) is 0 Å². The highest BCUT2D eigenvalue weighted by Crippen LogP contribution is 2.50. The van der Waals surface area contributed by atoms with Crippen molar-refractivity contribution in [1.82, 2.24) is 0 Å². The zero-order valence-corrected chi connectivity index (χ0v) is 15.5. The first kappa shape index (κ1) is 18.6. The predicted octanol–water partition coefficient (Wildman–Crippen LogP) is 4.16. The number of aliphatic hydroxyl groups excluding tert-OH is 1. The molecule has 0 aromatic heterocycles. The molecule has 3 nitrogen and oxygen atoms in total. The predicted molar refractivity (Wildman–Crippen MR) is 101 cm³/mol. The summed E-state index contributed by atoms with van der Waals surface area (Å²) in [4.78, 5) is 11.5. The lowest BCUT2D eigenvalue weighted by molar-refractivity contribution is 0.0968. The van der Waals surface area contributed by atoms with Crippen LogP contribution < -0.4 is 10.0 Å². The average molecular weight is 344 g/mol. The van der Waals surface area contributed by atoms with Gasteiger partial charge in [-0.1, -0.05) is 58.3 Å². The van der Waals surface area contributed by atoms with Gasteiger partial charge in [0.15, 0.2) is 13.1 Å². The van der Waals surface area contributed by atoms with Crippen molar-refractivity contribution in [1.29, 1.82) is 0 Å². The molecule has 1 N–H and O–H groups in total. The number of carbonyl (C=O) groups is 1. The molecule has 0 amide bonds. The summed E-state index contributed by atoms with van der Waals surface area (Å²) in [5, 5.41) is 10.2. The van der Waals surface area contributed by atoms with Crippen molar-refractivity contribution in [2.75, 3.05) is 6.79 Å². The molecule has 4 heteroatoms. The van der Waals surface area contributed by atoms with E-state index in [1.807, 2.05) is 31.2 Å². The summed E-state index contributed by atoms with van der Waals surface area (Å²) in [6.45, 7) is 5.99. The van der Waals surface area contributed by atoms with Gasteiger partial charge in [-0.15, -0.1) is 0 Å². The Hall–Kier alpha value is -1.70. The van der Waals surface area contributed by atoms with Crippen LogP contribution >= 0.6 is 8.58 Å². The van der Waals surface area contributed by atoms with E-state index in [2.05, 4.69) is 32.0 Å². The maximum Gasteiger partial charge on any atom is 0.186 e. The van der Waals surface area contributed by atoms with Gasteiger partial charge < -0.3 is 9.84 Å². The number of para-hydroxylation sites is 1. The highest BCUT2D eigenvalue weighted by Gasteiger charge is 2.32. The molecule has 2 aromatic rings. The topological polar surface area (TPSA) is 46.5 Å². The van der Waals surface area contributed by atoms with Crippen molar-refractivity contribution in [3.8, 4) is 5.75 Å². The highest BCUT2D eigenvalue weighted by molar-refractivity contribution is 7.48. The lowest BCUT2D eigenvalue weighted by Gasteiger charge is -2.34. The summed E-state index contributed by atoms with van der Waals surface area (Å²) in [5.74, 6) is 0.718. The molecule has 2 aromatic carbocycles. The Kier molecular flexibility index (Phi) is 6.53. The van der Waals surface area contributed by atoms with Crippen LogP contribution in [0.25, 0.3) is 0 Å². The second kappa shape index (κ2) is 8.41. The number of aryl methyl sites for hydroxylation is 1. The maximum absolute atomic E-state index is 11.5. The van der Waals surface area contributed by atoms with Crippen LogP contribution in [0.4, 0.5) is 0 Å². The van der Waals surface area contributed by atoms with E-state index in [1.165, 1.54) is 0 Å². The molecular weight excluding hydrogens is 319 g/mol. The minimum Gasteiger partial charge on any atom is -0.467 e. The molecule has 0 saturated carbocycles. The van der Waals surface area contributed by atoms with Gasteiger partial charge in [-0.25, -0.2) is 0 Å². The third-order valence-electron chi connectivity index (χ3n) is 4.54. The Morgan fingerprint density at radius 3 is 2.50 bits per heavy atom. The molecule has 0 bridgehead atoms. The minimum absolute atomic E-state index is 0.112. The minimum atomic E-state index is -0.340. The summed E-state index contributed by atoms with van der Waals surface area (Å²) in [6.07, 6.45) is 2.81. The number of aldehydes is 1. The first-order valence-electron chi connectivity index (χ1n) is 8.27. The quantitative estimate of drug-likeness (QED) is 0.444. The summed E-state index contributed by atoms with van der Waals surface area (Å²) < 4.78 is 5.45. The van der Waals surface area contributed by atoms with Crippen molar-refractivity contribution >= 4 is 20.2 Å². The van der Waals surface area contributed by atoms with Crippen LogP contribution in [0.2, 0.25) is 0 Å². The molecule has 1 unspecified atom stereocenters. The molecule has 2 rings (SSSR count). The summed E-state index contributed by atoms with van der Waals surface area (Å²) >= 11 is 0. The molecule has 0 aliphatic rings. The number of aliphatic hydroxyl groups is 1. The third kappa shape index (κ3) is 3.85. The monoisotopic (exact) mass is 344 g/mol. The van der Waals surface area contributed by atoms with E-state index in [-0.39, 0.29) is 11.9 Å². The smallest absolute Gasteiger partial charge is 0.186 e. The average Bonchev–Trinajstić information content (AvgIpc) is 2.62. The number of benzene rings is 2. The van der Waals surface area contributed by atoms with E-state index in [9.17, 15) is 9.90 Å². The fourth-order valence-electron chi connectivity index (χ4n) is 3.08. The summed E-state index contributed by atoms with van der Waals surface area (Å²) in [7, 11) is 0.453. The van der Waals surface area contributed by atoms with Gasteiger partial charge >= 0.3 is 0 Å². The molecule has 0 fully saturated rings. The van der Waals surface area contributed by atoms with Crippen LogP contribution in [0.1, 0.15) is 48.2 Å². The second-order valence-corrected chi connectivity index (χ2v) is 7.64. The number of ether oxygens (including phenoxy) is 1. The normalized spacial score (nSPS) is 11.8. The Morgan fingerprint density at radius 2 is 1.88 bits per heavy atom. The Morgan fingerprint density at radius 1 is 1.17 bits per heavy atom. The van der Waals surface area contributed by atoms with Crippen LogP contribution in [0.15, 0.2) is 42.5 Å². The largest absolute Gasteiger partial charge is 0.467 e. The molecular formula is C20H25O3P. The molecule has 0 saturated heterocycles. The number of hydrogen-bond donors (Lipinski definition) is 1. The number of hydrogen-bond acceptors (Lipinski definition) is 3. The summed E-state index contributed by atoms with van der Waals surface area (Å²) in [6, 6.07) is 13.9. The fraction of sp³-hybridized carbons (Fsp3) is 0.350. The molecule has 0 aliphatic heterocycles. The van der Waals surface area contributed by atoms with Crippen molar-refractivity contribution < 1.29 is 14.6 Å². The van der Waals surface area contributed by atoms with Gasteiger partial charge in [-0.2, -0.15) is 0 Å². The third-order valence-corrected chi connectivity index (χ3v) is 6.72. The molecule has 24 heavy (non-hydrogen) atoms. The molecule has 0 aliphatic carbocycles. The van der Waals surface area contributed by atoms with Gasteiger partial charge in [0, 0.05) is 16.3 Å². The van der Waals surface area contributed by atoms with Crippen molar-refractivity contribution in [3.05, 3.63) is 59.2 Å². The second-order valence-electron chi connectivity index (χ2n) is 5.89. The van der Waals surface area contributed by atoms with Gasteiger partial charge in [-0.3, -0.25) is 4.79 Å². The fourth-order valence-corrected chi connectivity index (χ4v) is 4.74. The van der Waals surface area contributed by atoms with Crippen LogP contribution in [-0.2, 0) is 5.16 Å². The van der Waals surface area contributed by atoms with Crippen LogP contribution in [-0.4, -0.2) is 18.2 Å². The zero-order chi connectivity index (χ0) is 17.6. The molecule has 0 heterocycles. The molecule has 0 spiro atoms. The van der Waals surface area contributed by atoms with Gasteiger partial charge in [0.25, 0.3) is 0 Å². The molecule has 1 atom stereocenters. The van der Waals surface area contributed by atoms with Gasteiger partial charge in [0.1, 0.15) is 5.75 Å². The maximum atomic E-state index is 11.5. The van der Waals surface area contributed by atoms with Gasteiger partial charge in [-0.05, 0) is 37.2 Å². The van der Waals surface area contributed by atoms with E-state index in [0.717, 1.165) is 46.9 Å². The SMILES string of the molecule is CCC(CC)(Pc1ccc(C)cc1C=O)c1ccccc1OCO. The van der Waals surface area contributed by atoms with Crippen molar-refractivity contribution in [2.24, 2.45) is 0 Å². The lowest BCUT2D eigenvalue weighted by Crippen LogP contribution is -2.24. The molecule has 0 radical (unpaired) electrons. The lowest BCUT2D eigenvalue weighted by atomic mass is 9.92. The van der Waals surface area contributed by atoms with Crippen LogP contribution in [0.5, 0.6) is 5.75 Å². The Labute approximate surface area is 145 Å². The zero-order valence-electron chi connectivity index (χ0n) is 14.5. The van der Waals surface area contributed by atoms with E-state index in [1.54, 1.807) is 0 Å². The van der Waals surface area contributed by atoms with E-state index >= 15 is 0 Å². The Balaban J connectivity index is 2.51. The van der Waals surface area contributed by atoms with Crippen LogP contribution in [0.3, 0.4) is 0 Å². The van der Waals surface area contributed by atoms with E-state index in [4.69, 9.17) is 4.74 Å². The van der Waals surface area contributed by atoms with E-state index in [0.29, 0.717) is 8.58 Å².